The fourth-order valence-corrected chi connectivity index (χ4v) is 3.74. The van der Waals surface area contributed by atoms with Crippen LogP contribution in [0, 0.1) is 0 Å². The maximum Gasteiger partial charge on any atom is 0.0808 e. The number of ether oxygens (including phenoxy) is 2. The van der Waals surface area contributed by atoms with Gasteiger partial charge in [0.05, 0.1) is 12.7 Å². The lowest BCUT2D eigenvalue weighted by Gasteiger charge is -2.17. The quantitative estimate of drug-likeness (QED) is 0.192. The summed E-state index contributed by atoms with van der Waals surface area (Å²) in [6, 6.07) is 10.9. The van der Waals surface area contributed by atoms with Crippen LogP contribution < -0.4 is 0 Å². The largest absolute Gasteiger partial charge is 0.379 e. The van der Waals surface area contributed by atoms with Gasteiger partial charge in [0.25, 0.3) is 0 Å². The molecular formula is C27H48O2. The minimum Gasteiger partial charge on any atom is -0.379 e. The molecule has 0 aliphatic rings. The Kier molecular flexibility index (Phi) is 18.4. The van der Waals surface area contributed by atoms with Crippen LogP contribution in [0.3, 0.4) is 0 Å². The first-order valence-electron chi connectivity index (χ1n) is 12.6. The average Bonchev–Trinajstić information content (AvgIpc) is 2.74. The van der Waals surface area contributed by atoms with E-state index in [1.165, 1.54) is 89.0 Å². The van der Waals surface area contributed by atoms with E-state index < -0.39 is 0 Å². The predicted octanol–water partition coefficient (Wildman–Crippen LogP) is 8.13. The van der Waals surface area contributed by atoms with Gasteiger partial charge in [-0.3, -0.25) is 0 Å². The molecule has 0 aromatic heterocycles. The molecule has 1 aromatic carbocycles. The van der Waals surface area contributed by atoms with E-state index in [9.17, 15) is 0 Å². The van der Waals surface area contributed by atoms with Crippen molar-refractivity contribution in [3.8, 4) is 0 Å². The van der Waals surface area contributed by atoms with Crippen molar-refractivity contribution < 1.29 is 9.47 Å². The number of aryl methyl sites for hydroxylation is 1. The second-order valence-electron chi connectivity index (χ2n) is 8.48. The number of hydrogen-bond donors (Lipinski definition) is 0. The minimum atomic E-state index is 0.305. The predicted molar refractivity (Wildman–Crippen MR) is 127 cm³/mol. The zero-order valence-electron chi connectivity index (χ0n) is 19.5. The summed E-state index contributed by atoms with van der Waals surface area (Å²) in [6.45, 7) is 7.00. The highest BCUT2D eigenvalue weighted by molar-refractivity contribution is 5.14. The molecule has 1 unspecified atom stereocenters. The number of hydrogen-bond acceptors (Lipinski definition) is 2. The Morgan fingerprint density at radius 3 is 1.90 bits per heavy atom. The molecule has 2 heteroatoms. The summed E-state index contributed by atoms with van der Waals surface area (Å²) in [5.74, 6) is 0. The first-order valence-corrected chi connectivity index (χ1v) is 12.6. The summed E-state index contributed by atoms with van der Waals surface area (Å²) in [5.41, 5.74) is 1.49. The Labute approximate surface area is 181 Å². The molecule has 0 saturated carbocycles. The van der Waals surface area contributed by atoms with Crippen molar-refractivity contribution in [3.63, 3.8) is 0 Å². The van der Waals surface area contributed by atoms with Crippen LogP contribution in [0.1, 0.15) is 109 Å². The van der Waals surface area contributed by atoms with Gasteiger partial charge in [0.2, 0.25) is 0 Å². The maximum atomic E-state index is 5.93. The molecule has 1 rings (SSSR count). The van der Waals surface area contributed by atoms with Gasteiger partial charge in [-0.25, -0.2) is 0 Å². The molecule has 0 fully saturated rings. The Bertz CT molecular complexity index is 431. The third-order valence-corrected chi connectivity index (χ3v) is 5.61. The zero-order chi connectivity index (χ0) is 20.8. The van der Waals surface area contributed by atoms with Crippen LogP contribution in [0.15, 0.2) is 30.3 Å². The molecule has 0 spiro atoms. The lowest BCUT2D eigenvalue weighted by Crippen LogP contribution is -2.20. The fraction of sp³-hybridized carbons (Fsp3) is 0.778. The van der Waals surface area contributed by atoms with Gasteiger partial charge < -0.3 is 9.47 Å². The second kappa shape index (κ2) is 20.4. The highest BCUT2D eigenvalue weighted by Crippen LogP contribution is 2.13. The van der Waals surface area contributed by atoms with E-state index in [0.717, 1.165) is 32.7 Å². The van der Waals surface area contributed by atoms with Gasteiger partial charge in [0.15, 0.2) is 0 Å². The van der Waals surface area contributed by atoms with Gasteiger partial charge in [-0.15, -0.1) is 0 Å². The molecule has 0 aliphatic heterocycles. The van der Waals surface area contributed by atoms with Crippen molar-refractivity contribution in [1.29, 1.82) is 0 Å². The van der Waals surface area contributed by atoms with Gasteiger partial charge >= 0.3 is 0 Å². The smallest absolute Gasteiger partial charge is 0.0808 e. The van der Waals surface area contributed by atoms with E-state index in [4.69, 9.17) is 9.47 Å². The summed E-state index contributed by atoms with van der Waals surface area (Å²) in [5, 5.41) is 0. The van der Waals surface area contributed by atoms with Crippen molar-refractivity contribution in [2.24, 2.45) is 0 Å². The Morgan fingerprint density at radius 2 is 1.28 bits per heavy atom. The molecule has 0 bridgehead atoms. The van der Waals surface area contributed by atoms with Crippen LogP contribution in [0.2, 0.25) is 0 Å². The lowest BCUT2D eigenvalue weighted by molar-refractivity contribution is -0.0223. The SMILES string of the molecule is CCCCOC(CCC)COCCCCCCCCCCCCc1ccccc1. The van der Waals surface area contributed by atoms with Crippen LogP contribution in [-0.2, 0) is 15.9 Å². The van der Waals surface area contributed by atoms with E-state index in [1.807, 2.05) is 0 Å². The zero-order valence-corrected chi connectivity index (χ0v) is 19.5. The van der Waals surface area contributed by atoms with Crippen LogP contribution >= 0.6 is 0 Å². The topological polar surface area (TPSA) is 18.5 Å². The molecule has 0 N–H and O–H groups in total. The third-order valence-electron chi connectivity index (χ3n) is 5.61. The molecule has 1 aromatic rings. The maximum absolute atomic E-state index is 5.93. The molecule has 1 atom stereocenters. The van der Waals surface area contributed by atoms with Crippen molar-refractivity contribution in [1.82, 2.24) is 0 Å². The summed E-state index contributed by atoms with van der Waals surface area (Å²) in [6.07, 6.45) is 19.8. The Balaban J connectivity index is 1.80. The summed E-state index contributed by atoms with van der Waals surface area (Å²) >= 11 is 0. The monoisotopic (exact) mass is 404 g/mol. The van der Waals surface area contributed by atoms with Gasteiger partial charge in [0.1, 0.15) is 0 Å². The van der Waals surface area contributed by atoms with Crippen LogP contribution in [0.5, 0.6) is 0 Å². The Morgan fingerprint density at radius 1 is 0.655 bits per heavy atom. The molecule has 0 aliphatic carbocycles. The molecule has 0 heterocycles. The standard InChI is InChI=1S/C27H48O2/c1-3-5-24-29-27(19-4-2)25-28-23-18-13-11-9-7-6-8-10-12-15-20-26-21-16-14-17-22-26/h14,16-17,21-22,27H,3-13,15,18-20,23-25H2,1-2H3. The number of benzene rings is 1. The van der Waals surface area contributed by atoms with E-state index >= 15 is 0 Å². The van der Waals surface area contributed by atoms with Crippen molar-refractivity contribution in [2.75, 3.05) is 19.8 Å². The van der Waals surface area contributed by atoms with Crippen LogP contribution in [0.4, 0.5) is 0 Å². The van der Waals surface area contributed by atoms with Gasteiger partial charge in [0, 0.05) is 13.2 Å². The van der Waals surface area contributed by atoms with E-state index in [2.05, 4.69) is 44.2 Å². The molecule has 0 radical (unpaired) electrons. The molecule has 2 nitrogen and oxygen atoms in total. The van der Waals surface area contributed by atoms with Crippen molar-refractivity contribution in [2.45, 2.75) is 116 Å². The number of rotatable bonds is 21. The highest BCUT2D eigenvalue weighted by atomic mass is 16.5. The molecule has 29 heavy (non-hydrogen) atoms. The average molecular weight is 405 g/mol. The van der Waals surface area contributed by atoms with E-state index in [0.29, 0.717) is 6.10 Å². The summed E-state index contributed by atoms with van der Waals surface area (Å²) in [7, 11) is 0. The first kappa shape index (κ1) is 26.2. The molecule has 0 saturated heterocycles. The summed E-state index contributed by atoms with van der Waals surface area (Å²) < 4.78 is 11.8. The number of unbranched alkanes of at least 4 members (excludes halogenated alkanes) is 10. The second-order valence-corrected chi connectivity index (χ2v) is 8.48. The first-order chi connectivity index (χ1) is 14.4. The van der Waals surface area contributed by atoms with Crippen molar-refractivity contribution in [3.05, 3.63) is 35.9 Å². The molecular weight excluding hydrogens is 356 g/mol. The van der Waals surface area contributed by atoms with E-state index in [1.54, 1.807) is 0 Å². The minimum absolute atomic E-state index is 0.305. The van der Waals surface area contributed by atoms with Crippen LogP contribution in [0.25, 0.3) is 0 Å². The normalized spacial score (nSPS) is 12.3. The molecule has 168 valence electrons. The van der Waals surface area contributed by atoms with E-state index in [-0.39, 0.29) is 0 Å². The fourth-order valence-electron chi connectivity index (χ4n) is 3.74. The van der Waals surface area contributed by atoms with Gasteiger partial charge in [-0.05, 0) is 37.7 Å². The summed E-state index contributed by atoms with van der Waals surface area (Å²) in [4.78, 5) is 0. The molecule has 0 amide bonds. The third kappa shape index (κ3) is 16.6. The van der Waals surface area contributed by atoms with Gasteiger partial charge in [-0.1, -0.05) is 108 Å². The lowest BCUT2D eigenvalue weighted by atomic mass is 10.0. The van der Waals surface area contributed by atoms with Gasteiger partial charge in [-0.2, -0.15) is 0 Å². The van der Waals surface area contributed by atoms with Crippen molar-refractivity contribution >= 4 is 0 Å². The highest BCUT2D eigenvalue weighted by Gasteiger charge is 2.07. The Hall–Kier alpha value is -0.860. The van der Waals surface area contributed by atoms with Crippen LogP contribution in [-0.4, -0.2) is 25.9 Å².